The fourth-order valence-corrected chi connectivity index (χ4v) is 8.35. The first-order chi connectivity index (χ1) is 16.9. The van der Waals surface area contributed by atoms with Crippen LogP contribution in [-0.4, -0.2) is 36.5 Å². The summed E-state index contributed by atoms with van der Waals surface area (Å²) in [4.78, 5) is 0. The lowest BCUT2D eigenvalue weighted by molar-refractivity contribution is 0.292. The lowest BCUT2D eigenvalue weighted by Crippen LogP contribution is -2.57. The second-order valence-corrected chi connectivity index (χ2v) is 13.0. The van der Waals surface area contributed by atoms with Crippen molar-refractivity contribution in [3.8, 4) is 0 Å². The molecule has 2 heterocycles. The molecule has 0 radical (unpaired) electrons. The minimum absolute atomic E-state index is 0.0204. The summed E-state index contributed by atoms with van der Waals surface area (Å²) in [5, 5.41) is 7.89. The number of hydrogen-bond acceptors (Lipinski definition) is 2. The molecule has 5 rings (SSSR count). The van der Waals surface area contributed by atoms with Gasteiger partial charge in [-0.05, 0) is 83.8 Å². The van der Waals surface area contributed by atoms with Crippen LogP contribution in [0.2, 0.25) is 0 Å². The lowest BCUT2D eigenvalue weighted by Gasteiger charge is -2.48. The summed E-state index contributed by atoms with van der Waals surface area (Å²) in [6.45, 7) is 9.60. The molecule has 0 saturated carbocycles. The highest BCUT2D eigenvalue weighted by molar-refractivity contribution is 7.20. The molecular weight excluding hydrogens is 462 g/mol. The highest BCUT2D eigenvalue weighted by Gasteiger charge is 2.54. The Morgan fingerprint density at radius 1 is 0.800 bits per heavy atom. The van der Waals surface area contributed by atoms with Gasteiger partial charge in [0.2, 0.25) is 0 Å². The summed E-state index contributed by atoms with van der Waals surface area (Å²) in [6.07, 6.45) is 5.99. The smallest absolute Gasteiger partial charge is 0.0374 e. The van der Waals surface area contributed by atoms with Gasteiger partial charge in [-0.2, -0.15) is 0 Å². The largest absolute Gasteiger partial charge is 0.313 e. The van der Waals surface area contributed by atoms with E-state index < -0.39 is 0 Å². The fraction of sp³-hybridized carbons (Fsp3) is 0.484. The maximum Gasteiger partial charge on any atom is 0.0374 e. The second-order valence-electron chi connectivity index (χ2n) is 11.6. The first-order valence-corrected chi connectivity index (χ1v) is 14.8. The normalized spacial score (nSPS) is 27.1. The maximum absolute atomic E-state index is 3.96. The van der Waals surface area contributed by atoms with Gasteiger partial charge in [-0.15, -0.1) is 18.5 Å². The van der Waals surface area contributed by atoms with E-state index in [4.69, 9.17) is 0 Å². The Hall–Kier alpha value is -1.30. The monoisotopic (exact) mass is 504 g/mol. The van der Waals surface area contributed by atoms with E-state index in [2.05, 4.69) is 111 Å². The molecule has 186 valence electrons. The quantitative estimate of drug-likeness (QED) is 0.435. The van der Waals surface area contributed by atoms with Gasteiger partial charge in [0.05, 0.1) is 0 Å². The van der Waals surface area contributed by atoms with Crippen LogP contribution >= 0.6 is 18.5 Å². The van der Waals surface area contributed by atoms with Gasteiger partial charge in [0, 0.05) is 23.2 Å². The van der Waals surface area contributed by atoms with E-state index >= 15 is 0 Å². The summed E-state index contributed by atoms with van der Waals surface area (Å²) >= 11 is 0. The van der Waals surface area contributed by atoms with Gasteiger partial charge < -0.3 is 10.6 Å². The van der Waals surface area contributed by atoms with Crippen molar-refractivity contribution < 1.29 is 0 Å². The molecule has 1 aliphatic carbocycles. The third-order valence-corrected chi connectivity index (χ3v) is 9.96. The molecule has 35 heavy (non-hydrogen) atoms. The number of hydrogen-bond donors (Lipinski definition) is 2. The third-order valence-electron chi connectivity index (χ3n) is 8.43. The molecule has 2 aromatic rings. The predicted octanol–water partition coefficient (Wildman–Crippen LogP) is 6.56. The molecule has 2 nitrogen and oxygen atoms in total. The number of allylic oxidation sites excluding steroid dienone is 3. The zero-order valence-corrected chi connectivity index (χ0v) is 23.9. The molecule has 0 amide bonds. The summed E-state index contributed by atoms with van der Waals surface area (Å²) in [6, 6.07) is 23.3. The van der Waals surface area contributed by atoms with Gasteiger partial charge in [-0.3, -0.25) is 0 Å². The van der Waals surface area contributed by atoms with Crippen LogP contribution in [0.3, 0.4) is 0 Å². The molecule has 0 bridgehead atoms. The summed E-state index contributed by atoms with van der Waals surface area (Å²) in [5.74, 6) is 0.345. The van der Waals surface area contributed by atoms with Gasteiger partial charge in [0.15, 0.2) is 0 Å². The Bertz CT molecular complexity index is 1070. The number of rotatable bonds is 6. The predicted molar refractivity (Wildman–Crippen MR) is 159 cm³/mol. The molecule has 0 aromatic heterocycles. The highest BCUT2D eigenvalue weighted by atomic mass is 31.0. The first-order valence-electron chi connectivity index (χ1n) is 13.4. The SMILES string of the molecule is CC(C)(C)C1C(c2ccccc2)=C(c2ccccc2)C(CP)=C1C(P)(C1CCCN1)C1CCCN1. The molecular formula is C31H42N2P2. The lowest BCUT2D eigenvalue weighted by atomic mass is 9.65. The molecule has 2 N–H and O–H groups in total. The Labute approximate surface area is 217 Å². The number of benzene rings is 2. The van der Waals surface area contributed by atoms with Crippen LogP contribution < -0.4 is 10.6 Å². The van der Waals surface area contributed by atoms with Crippen LogP contribution in [-0.2, 0) is 0 Å². The summed E-state index contributed by atoms with van der Waals surface area (Å²) < 4.78 is 0. The van der Waals surface area contributed by atoms with E-state index in [0.717, 1.165) is 19.3 Å². The minimum Gasteiger partial charge on any atom is -0.313 e. The van der Waals surface area contributed by atoms with E-state index in [0.29, 0.717) is 18.0 Å². The number of nitrogens with one attached hydrogen (secondary N) is 2. The van der Waals surface area contributed by atoms with E-state index in [9.17, 15) is 0 Å². The fourth-order valence-electron chi connectivity index (χ4n) is 7.02. The molecule has 2 saturated heterocycles. The van der Waals surface area contributed by atoms with Gasteiger partial charge in [-0.1, -0.05) is 81.4 Å². The highest BCUT2D eigenvalue weighted by Crippen LogP contribution is 2.60. The van der Waals surface area contributed by atoms with E-state index in [-0.39, 0.29) is 10.6 Å². The van der Waals surface area contributed by atoms with Crippen LogP contribution in [0.5, 0.6) is 0 Å². The zero-order valence-electron chi connectivity index (χ0n) is 21.6. The Kier molecular flexibility index (Phi) is 7.40. The average Bonchev–Trinajstić information content (AvgIpc) is 3.64. The van der Waals surface area contributed by atoms with Crippen molar-refractivity contribution in [3.63, 3.8) is 0 Å². The van der Waals surface area contributed by atoms with E-state index in [1.807, 2.05) is 0 Å². The minimum atomic E-state index is -0.0204. The molecule has 5 atom stereocenters. The van der Waals surface area contributed by atoms with Crippen molar-refractivity contribution in [3.05, 3.63) is 82.9 Å². The van der Waals surface area contributed by atoms with Gasteiger partial charge >= 0.3 is 0 Å². The molecule has 2 aromatic carbocycles. The Morgan fingerprint density at radius 2 is 1.31 bits per heavy atom. The molecule has 2 fully saturated rings. The summed E-state index contributed by atoms with van der Waals surface area (Å²) in [7, 11) is 6.58. The first kappa shape index (κ1) is 25.4. The maximum atomic E-state index is 3.96. The van der Waals surface area contributed by atoms with Crippen LogP contribution in [0.15, 0.2) is 71.8 Å². The zero-order chi connectivity index (χ0) is 24.6. The molecule has 3 aliphatic rings. The van der Waals surface area contributed by atoms with Crippen molar-refractivity contribution >= 4 is 29.6 Å². The van der Waals surface area contributed by atoms with Crippen molar-refractivity contribution in [2.24, 2.45) is 11.3 Å². The third kappa shape index (κ3) is 4.51. The van der Waals surface area contributed by atoms with Crippen molar-refractivity contribution in [2.75, 3.05) is 19.3 Å². The van der Waals surface area contributed by atoms with E-state index in [1.54, 1.807) is 5.57 Å². The standard InChI is InChI=1S/C31H42N2P2/c1-30(2,3)29-27(22-14-8-5-9-15-22)26(21-12-6-4-7-13-21)23(20-34)28(29)31(35,24-16-10-18-32-24)25-17-11-19-33-25/h4-9,12-15,24-25,29,32-33H,10-11,16-20,34-35H2,1-3H3. The second kappa shape index (κ2) is 10.2. The van der Waals surface area contributed by atoms with Gasteiger partial charge in [0.1, 0.15) is 0 Å². The van der Waals surface area contributed by atoms with Crippen molar-refractivity contribution in [2.45, 2.75) is 63.7 Å². The van der Waals surface area contributed by atoms with Crippen molar-refractivity contribution in [1.29, 1.82) is 0 Å². The topological polar surface area (TPSA) is 24.1 Å². The van der Waals surface area contributed by atoms with E-state index in [1.165, 1.54) is 53.5 Å². The van der Waals surface area contributed by atoms with Gasteiger partial charge in [-0.25, -0.2) is 0 Å². The Morgan fingerprint density at radius 3 is 1.74 bits per heavy atom. The van der Waals surface area contributed by atoms with Crippen LogP contribution in [0.4, 0.5) is 0 Å². The average molecular weight is 505 g/mol. The molecule has 4 heteroatoms. The van der Waals surface area contributed by atoms with Crippen LogP contribution in [0, 0.1) is 11.3 Å². The molecule has 5 unspecified atom stereocenters. The van der Waals surface area contributed by atoms with Crippen molar-refractivity contribution in [1.82, 2.24) is 10.6 Å². The molecule has 2 aliphatic heterocycles. The van der Waals surface area contributed by atoms with Crippen LogP contribution in [0.25, 0.3) is 11.1 Å². The van der Waals surface area contributed by atoms with Gasteiger partial charge in [0.25, 0.3) is 0 Å². The molecule has 0 spiro atoms. The van der Waals surface area contributed by atoms with Crippen LogP contribution in [0.1, 0.15) is 57.6 Å². The summed E-state index contributed by atoms with van der Waals surface area (Å²) in [5.41, 5.74) is 8.96. The Balaban J connectivity index is 1.82.